The molecule has 1 aliphatic heterocycles. The van der Waals surface area contributed by atoms with Crippen LogP contribution in [0.1, 0.15) is 58.9 Å². The van der Waals surface area contributed by atoms with Crippen molar-refractivity contribution in [1.29, 1.82) is 0 Å². The number of nitrogens with zero attached hydrogens (tertiary/aromatic N) is 5. The van der Waals surface area contributed by atoms with Crippen LogP contribution < -0.4 is 16.3 Å². The number of alkyl carbamates (subject to hydrolysis) is 1. The van der Waals surface area contributed by atoms with Crippen LogP contribution in [0.2, 0.25) is 0 Å². The zero-order chi connectivity index (χ0) is 33.6. The molecule has 252 valence electrons. The Bertz CT molecular complexity index is 1430. The Labute approximate surface area is 265 Å². The maximum Gasteiger partial charge on any atom is 0.471 e. The van der Waals surface area contributed by atoms with Gasteiger partial charge in [-0.1, -0.05) is 19.1 Å². The van der Waals surface area contributed by atoms with Gasteiger partial charge >= 0.3 is 29.9 Å². The summed E-state index contributed by atoms with van der Waals surface area (Å²) in [5, 5.41) is 5.49. The second-order valence-corrected chi connectivity index (χ2v) is 12.6. The Morgan fingerprint density at radius 1 is 0.957 bits per heavy atom. The van der Waals surface area contributed by atoms with Gasteiger partial charge in [0.15, 0.2) is 0 Å². The molecular formula is C31H42F3N7O5. The van der Waals surface area contributed by atoms with E-state index in [1.807, 2.05) is 45.0 Å². The Kier molecular flexibility index (Phi) is 11.0. The molecular weight excluding hydrogens is 607 g/mol. The number of hydrogen-bond donors (Lipinski definition) is 2. The molecule has 2 aliphatic rings. The number of aromatic nitrogens is 2. The van der Waals surface area contributed by atoms with Crippen molar-refractivity contribution in [3.63, 3.8) is 0 Å². The number of rotatable bonds is 7. The lowest BCUT2D eigenvalue weighted by Crippen LogP contribution is -2.54. The zero-order valence-corrected chi connectivity index (χ0v) is 26.6. The highest BCUT2D eigenvalue weighted by molar-refractivity contribution is 5.88. The molecule has 15 heteroatoms. The summed E-state index contributed by atoms with van der Waals surface area (Å²) in [5.41, 5.74) is 0.540. The molecule has 0 radical (unpaired) electrons. The third-order valence-electron chi connectivity index (χ3n) is 8.08. The number of alkyl halides is 3. The van der Waals surface area contributed by atoms with Crippen LogP contribution in [0, 0.1) is 0 Å². The molecule has 1 saturated carbocycles. The number of halogens is 3. The number of piperazine rings is 1. The topological polar surface area (TPSA) is 129 Å². The normalized spacial score (nSPS) is 19.1. The van der Waals surface area contributed by atoms with E-state index in [1.54, 1.807) is 0 Å². The molecule has 0 atom stereocenters. The summed E-state index contributed by atoms with van der Waals surface area (Å²) < 4.78 is 44.7. The van der Waals surface area contributed by atoms with Gasteiger partial charge in [0.1, 0.15) is 11.4 Å². The second kappa shape index (κ2) is 14.5. The lowest BCUT2D eigenvalue weighted by atomic mass is 9.90. The van der Waals surface area contributed by atoms with Crippen molar-refractivity contribution in [2.75, 3.05) is 38.0 Å². The molecule has 1 aliphatic carbocycles. The second-order valence-electron chi connectivity index (χ2n) is 12.6. The Balaban J connectivity index is 1.27. The van der Waals surface area contributed by atoms with Gasteiger partial charge in [0.25, 0.3) is 0 Å². The zero-order valence-electron chi connectivity index (χ0n) is 26.6. The van der Waals surface area contributed by atoms with Crippen molar-refractivity contribution in [1.82, 2.24) is 29.6 Å². The monoisotopic (exact) mass is 649 g/mol. The summed E-state index contributed by atoms with van der Waals surface area (Å²) in [6, 6.07) is 8.90. The van der Waals surface area contributed by atoms with Gasteiger partial charge in [0.2, 0.25) is 0 Å². The maximum atomic E-state index is 12.8. The van der Waals surface area contributed by atoms with E-state index in [4.69, 9.17) is 4.74 Å². The lowest BCUT2D eigenvalue weighted by molar-refractivity contribution is -0.186. The highest BCUT2D eigenvalue weighted by Crippen LogP contribution is 2.25. The molecule has 2 aromatic rings. The maximum absolute atomic E-state index is 12.8. The van der Waals surface area contributed by atoms with Crippen LogP contribution in [0.4, 0.5) is 28.6 Å². The summed E-state index contributed by atoms with van der Waals surface area (Å²) in [6.07, 6.45) is -0.164. The first kappa shape index (κ1) is 34.7. The number of ether oxygens (including phenoxy) is 1. The molecule has 12 nitrogen and oxygen atoms in total. The van der Waals surface area contributed by atoms with Crippen molar-refractivity contribution in [3.8, 4) is 5.69 Å². The van der Waals surface area contributed by atoms with Crippen LogP contribution in [0.3, 0.4) is 0 Å². The smallest absolute Gasteiger partial charge is 0.444 e. The predicted molar refractivity (Wildman–Crippen MR) is 165 cm³/mol. The van der Waals surface area contributed by atoms with Crippen molar-refractivity contribution in [2.45, 2.75) is 83.8 Å². The van der Waals surface area contributed by atoms with Crippen molar-refractivity contribution in [3.05, 3.63) is 52.6 Å². The van der Waals surface area contributed by atoms with Crippen molar-refractivity contribution < 1.29 is 32.3 Å². The fraction of sp³-hybridized carbons (Fsp3) is 0.581. The van der Waals surface area contributed by atoms with E-state index >= 15 is 0 Å². The van der Waals surface area contributed by atoms with Crippen LogP contribution >= 0.6 is 0 Å². The average Bonchev–Trinajstić information content (AvgIpc) is 2.99. The number of amides is 4. The van der Waals surface area contributed by atoms with Gasteiger partial charge in [-0.25, -0.2) is 14.4 Å². The SMILES string of the molecule is CCN(Cc1ccc(-n2ccc(NC(=O)N3CCN(C(=O)C(F)(F)F)CC3)nc2=O)cc1)C1CCC(NC(=O)OC(C)(C)C)CC1. The lowest BCUT2D eigenvalue weighted by Gasteiger charge is -2.36. The third-order valence-corrected chi connectivity index (χ3v) is 8.08. The first-order valence-electron chi connectivity index (χ1n) is 15.5. The first-order valence-corrected chi connectivity index (χ1v) is 15.5. The average molecular weight is 650 g/mol. The third kappa shape index (κ3) is 9.44. The Morgan fingerprint density at radius 3 is 2.11 bits per heavy atom. The number of nitrogens with one attached hydrogen (secondary N) is 2. The highest BCUT2D eigenvalue weighted by atomic mass is 19.4. The fourth-order valence-corrected chi connectivity index (χ4v) is 5.70. The van der Waals surface area contributed by atoms with Crippen LogP contribution in [-0.4, -0.2) is 98.9 Å². The van der Waals surface area contributed by atoms with Gasteiger partial charge in [-0.15, -0.1) is 0 Å². The summed E-state index contributed by atoms with van der Waals surface area (Å²) >= 11 is 0. The quantitative estimate of drug-likeness (QED) is 0.462. The van der Waals surface area contributed by atoms with E-state index in [-0.39, 0.29) is 44.1 Å². The summed E-state index contributed by atoms with van der Waals surface area (Å²) in [5.74, 6) is -1.92. The van der Waals surface area contributed by atoms with E-state index in [0.717, 1.165) is 44.3 Å². The number of carbonyl (C=O) groups is 3. The summed E-state index contributed by atoms with van der Waals surface area (Å²) in [4.78, 5) is 57.2. The van der Waals surface area contributed by atoms with Gasteiger partial charge in [-0.05, 0) is 76.8 Å². The molecule has 2 N–H and O–H groups in total. The molecule has 46 heavy (non-hydrogen) atoms. The predicted octanol–water partition coefficient (Wildman–Crippen LogP) is 4.13. The van der Waals surface area contributed by atoms with E-state index in [1.165, 1.54) is 21.7 Å². The molecule has 2 fully saturated rings. The van der Waals surface area contributed by atoms with Crippen LogP contribution in [0.15, 0.2) is 41.3 Å². The molecule has 4 rings (SSSR count). The molecule has 0 bridgehead atoms. The van der Waals surface area contributed by atoms with Gasteiger partial charge in [-0.3, -0.25) is 19.6 Å². The first-order chi connectivity index (χ1) is 21.6. The molecule has 0 unspecified atom stereocenters. The van der Waals surface area contributed by atoms with Crippen LogP contribution in [-0.2, 0) is 16.1 Å². The minimum Gasteiger partial charge on any atom is -0.444 e. The highest BCUT2D eigenvalue weighted by Gasteiger charge is 2.43. The minimum absolute atomic E-state index is 0.00581. The van der Waals surface area contributed by atoms with E-state index in [0.29, 0.717) is 16.6 Å². The number of urea groups is 1. The standard InChI is InChI=1S/C31H42F3N7O5/c1-5-38(23-12-8-22(9-13-23)35-29(45)46-30(2,3)4)20-21-6-10-24(11-7-21)41-15-14-25(37-28(41)44)36-27(43)40-18-16-39(17-19-40)26(42)31(32,33)34/h6-7,10-11,14-15,22-23H,5,8-9,12-13,16-20H2,1-4H3,(H,35,45)(H,36,37,43,44). The molecule has 0 spiro atoms. The fourth-order valence-electron chi connectivity index (χ4n) is 5.70. The van der Waals surface area contributed by atoms with Gasteiger partial charge in [0.05, 0.1) is 5.69 Å². The number of anilines is 1. The van der Waals surface area contributed by atoms with Gasteiger partial charge in [0, 0.05) is 51.0 Å². The Hall–Kier alpha value is -4.14. The molecule has 2 heterocycles. The van der Waals surface area contributed by atoms with E-state index < -0.39 is 29.4 Å². The largest absolute Gasteiger partial charge is 0.471 e. The van der Waals surface area contributed by atoms with Crippen molar-refractivity contribution in [2.24, 2.45) is 0 Å². The molecule has 1 aromatic carbocycles. The van der Waals surface area contributed by atoms with Gasteiger partial charge in [-0.2, -0.15) is 18.2 Å². The molecule has 1 saturated heterocycles. The molecule has 1 aromatic heterocycles. The van der Waals surface area contributed by atoms with Crippen molar-refractivity contribution >= 4 is 23.8 Å². The van der Waals surface area contributed by atoms with Crippen LogP contribution in [0.5, 0.6) is 0 Å². The minimum atomic E-state index is -4.96. The number of hydrogen-bond acceptors (Lipinski definition) is 7. The van der Waals surface area contributed by atoms with E-state index in [2.05, 4.69) is 27.4 Å². The Morgan fingerprint density at radius 2 is 1.57 bits per heavy atom. The van der Waals surface area contributed by atoms with Gasteiger partial charge < -0.3 is 19.9 Å². The summed E-state index contributed by atoms with van der Waals surface area (Å²) in [6.45, 7) is 8.60. The van der Waals surface area contributed by atoms with Crippen LogP contribution in [0.25, 0.3) is 5.69 Å². The summed E-state index contributed by atoms with van der Waals surface area (Å²) in [7, 11) is 0. The number of benzene rings is 1. The van der Waals surface area contributed by atoms with E-state index in [9.17, 15) is 32.3 Å². The number of carbonyl (C=O) groups excluding carboxylic acids is 3. The molecule has 4 amide bonds.